The van der Waals surface area contributed by atoms with Crippen LogP contribution in [0, 0.1) is 5.92 Å². The highest BCUT2D eigenvalue weighted by Crippen LogP contribution is 2.09. The van der Waals surface area contributed by atoms with Crippen LogP contribution in [0.4, 0.5) is 0 Å². The van der Waals surface area contributed by atoms with Gasteiger partial charge in [0.2, 0.25) is 0 Å². The van der Waals surface area contributed by atoms with E-state index in [0.717, 1.165) is 64.4 Å². The van der Waals surface area contributed by atoms with E-state index < -0.39 is 0 Å². The highest BCUT2D eigenvalue weighted by atomic mass is 15.3. The fourth-order valence-corrected chi connectivity index (χ4v) is 3.41. The lowest BCUT2D eigenvalue weighted by Gasteiger charge is -2.16. The van der Waals surface area contributed by atoms with Crippen LogP contribution in [0.25, 0.3) is 0 Å². The number of nitrogens with zero attached hydrogens (tertiary/aromatic N) is 3. The molecular formula is C28H47N7. The van der Waals surface area contributed by atoms with E-state index in [1.165, 1.54) is 17.5 Å². The van der Waals surface area contributed by atoms with E-state index >= 15 is 0 Å². The van der Waals surface area contributed by atoms with Gasteiger partial charge in [-0.05, 0) is 56.9 Å². The predicted octanol–water partition coefficient (Wildman–Crippen LogP) is 3.39. The van der Waals surface area contributed by atoms with Crippen LogP contribution in [0.3, 0.4) is 0 Å². The maximum atomic E-state index is 5.97. The molecule has 2 aromatic carbocycles. The molecule has 1 aliphatic rings. The van der Waals surface area contributed by atoms with Crippen molar-refractivity contribution in [2.45, 2.75) is 46.1 Å². The van der Waals surface area contributed by atoms with Crippen LogP contribution >= 0.6 is 0 Å². The number of nitrogens with two attached hydrogens (primary N) is 3. The van der Waals surface area contributed by atoms with Crippen LogP contribution in [-0.4, -0.2) is 56.5 Å². The van der Waals surface area contributed by atoms with Crippen LogP contribution in [-0.2, 0) is 13.0 Å². The van der Waals surface area contributed by atoms with Gasteiger partial charge in [-0.3, -0.25) is 9.98 Å². The van der Waals surface area contributed by atoms with E-state index in [-0.39, 0.29) is 0 Å². The maximum Gasteiger partial charge on any atom is 0.191 e. The summed E-state index contributed by atoms with van der Waals surface area (Å²) in [5.41, 5.74) is 19.7. The third kappa shape index (κ3) is 14.2. The third-order valence-corrected chi connectivity index (χ3v) is 5.48. The molecule has 1 aliphatic heterocycles. The lowest BCUT2D eigenvalue weighted by molar-refractivity contribution is 0.448. The summed E-state index contributed by atoms with van der Waals surface area (Å²) in [4.78, 5) is 10.6. The van der Waals surface area contributed by atoms with E-state index in [1.807, 2.05) is 31.3 Å². The topological polar surface area (TPSA) is 118 Å². The van der Waals surface area contributed by atoms with Crippen LogP contribution in [0.2, 0.25) is 0 Å². The van der Waals surface area contributed by atoms with Gasteiger partial charge in [0.05, 0.1) is 12.4 Å². The maximum absolute atomic E-state index is 5.97. The Labute approximate surface area is 212 Å². The Kier molecular flexibility index (Phi) is 16.7. The van der Waals surface area contributed by atoms with E-state index in [1.54, 1.807) is 0 Å². The number of amidine groups is 1. The van der Waals surface area contributed by atoms with Crippen molar-refractivity contribution in [2.75, 3.05) is 39.8 Å². The number of unbranched alkanes of at least 4 members (excludes halogenated alkanes) is 1. The van der Waals surface area contributed by atoms with Gasteiger partial charge in [0.15, 0.2) is 5.96 Å². The molecule has 0 amide bonds. The molecule has 0 saturated carbocycles. The number of guanidine groups is 1. The highest BCUT2D eigenvalue weighted by Gasteiger charge is 2.12. The molecular weight excluding hydrogens is 434 g/mol. The molecule has 7 N–H and O–H groups in total. The Bertz CT molecular complexity index is 820. The summed E-state index contributed by atoms with van der Waals surface area (Å²) >= 11 is 0. The van der Waals surface area contributed by atoms with E-state index in [2.05, 4.69) is 70.4 Å². The normalized spacial score (nSPS) is 13.8. The van der Waals surface area contributed by atoms with Gasteiger partial charge in [0, 0.05) is 25.6 Å². The van der Waals surface area contributed by atoms with Crippen molar-refractivity contribution < 1.29 is 0 Å². The second-order valence-electron chi connectivity index (χ2n) is 8.64. The average molecular weight is 482 g/mol. The fraction of sp³-hybridized carbons (Fsp3) is 0.500. The number of hydrogen-bond donors (Lipinski definition) is 4. The second kappa shape index (κ2) is 19.4. The van der Waals surface area contributed by atoms with Gasteiger partial charge in [-0.25, -0.2) is 0 Å². The van der Waals surface area contributed by atoms with Crippen molar-refractivity contribution in [3.8, 4) is 0 Å². The number of nitrogens with one attached hydrogen (secondary N) is 1. The van der Waals surface area contributed by atoms with Crippen molar-refractivity contribution >= 4 is 11.8 Å². The van der Waals surface area contributed by atoms with Crippen molar-refractivity contribution in [2.24, 2.45) is 33.1 Å². The summed E-state index contributed by atoms with van der Waals surface area (Å²) in [6, 6.07) is 20.7. The van der Waals surface area contributed by atoms with E-state index in [4.69, 9.17) is 17.2 Å². The molecule has 0 fully saturated rings. The molecule has 0 bridgehead atoms. The molecule has 0 spiro atoms. The summed E-state index contributed by atoms with van der Waals surface area (Å²) in [6.45, 7) is 9.58. The monoisotopic (exact) mass is 481 g/mol. The molecule has 35 heavy (non-hydrogen) atoms. The third-order valence-electron chi connectivity index (χ3n) is 5.48. The molecule has 2 aromatic rings. The molecule has 3 rings (SSSR count). The fourth-order valence-electron chi connectivity index (χ4n) is 3.41. The number of benzene rings is 2. The smallest absolute Gasteiger partial charge is 0.191 e. The van der Waals surface area contributed by atoms with Gasteiger partial charge in [-0.1, -0.05) is 74.5 Å². The largest absolute Gasteiger partial charge is 0.387 e. The average Bonchev–Trinajstić information content (AvgIpc) is 3.28. The summed E-state index contributed by atoms with van der Waals surface area (Å²) in [7, 11) is 1.96. The first-order valence-corrected chi connectivity index (χ1v) is 12.8. The molecule has 1 atom stereocenters. The first-order chi connectivity index (χ1) is 17.0. The summed E-state index contributed by atoms with van der Waals surface area (Å²) < 4.78 is 0. The number of hydrogen-bond acceptors (Lipinski definition) is 6. The van der Waals surface area contributed by atoms with Crippen LogP contribution in [0.15, 0.2) is 70.6 Å². The number of aliphatic imine (C=N–C) groups is 2. The lowest BCUT2D eigenvalue weighted by atomic mass is 10.0. The molecule has 0 radical (unpaired) electrons. The Morgan fingerprint density at radius 2 is 1.69 bits per heavy atom. The Morgan fingerprint density at radius 1 is 1.06 bits per heavy atom. The minimum Gasteiger partial charge on any atom is -0.387 e. The van der Waals surface area contributed by atoms with Crippen LogP contribution in [0.1, 0.15) is 44.2 Å². The summed E-state index contributed by atoms with van der Waals surface area (Å²) in [6.07, 6.45) is 4.22. The molecule has 1 unspecified atom stereocenters. The predicted molar refractivity (Wildman–Crippen MR) is 152 cm³/mol. The molecule has 194 valence electrons. The molecule has 0 aromatic heterocycles. The van der Waals surface area contributed by atoms with E-state index in [9.17, 15) is 0 Å². The second-order valence-corrected chi connectivity index (χ2v) is 8.64. The highest BCUT2D eigenvalue weighted by molar-refractivity contribution is 5.82. The first-order valence-electron chi connectivity index (χ1n) is 12.8. The summed E-state index contributed by atoms with van der Waals surface area (Å²) in [5, 5.41) is 3.02. The van der Waals surface area contributed by atoms with Gasteiger partial charge in [0.1, 0.15) is 0 Å². The lowest BCUT2D eigenvalue weighted by Crippen LogP contribution is -2.33. The standard InChI is InChI=1S/C14H23N3.C10H13N3.C4H11N/c1-12(11-13-7-3-2-4-8-13)14(16)17-10-6-5-9-15;11-10-12-6-7-13(10)8-9-4-2-1-3-5-9;1-3-4-5-2/h2-4,7-8,12H,5-6,9-11,15H2,1H3,(H2,16,17);1-5H,6-8H2,(H2,11,12);5H,3-4H2,1-2H3. The van der Waals surface area contributed by atoms with Crippen LogP contribution < -0.4 is 22.5 Å². The van der Waals surface area contributed by atoms with Crippen molar-refractivity contribution in [3.63, 3.8) is 0 Å². The zero-order valence-electron chi connectivity index (χ0n) is 22.0. The zero-order chi connectivity index (χ0) is 25.7. The molecule has 7 nitrogen and oxygen atoms in total. The zero-order valence-corrected chi connectivity index (χ0v) is 22.0. The van der Waals surface area contributed by atoms with Gasteiger partial charge in [-0.2, -0.15) is 0 Å². The van der Waals surface area contributed by atoms with Crippen molar-refractivity contribution in [3.05, 3.63) is 71.8 Å². The molecule has 7 heteroatoms. The SMILES string of the molecule is CC(Cc1ccccc1)C(N)=NCCCCN.CCCNC.NC1=NCCN1Cc1ccccc1. The molecule has 1 heterocycles. The Balaban J connectivity index is 0.000000300. The minimum absolute atomic E-state index is 0.301. The summed E-state index contributed by atoms with van der Waals surface area (Å²) in [5.74, 6) is 1.73. The van der Waals surface area contributed by atoms with Gasteiger partial charge in [0.25, 0.3) is 0 Å². The Hall–Kier alpha value is -2.90. The van der Waals surface area contributed by atoms with Crippen LogP contribution in [0.5, 0.6) is 0 Å². The molecule has 0 saturated heterocycles. The van der Waals surface area contributed by atoms with Gasteiger partial charge in [-0.15, -0.1) is 0 Å². The van der Waals surface area contributed by atoms with Gasteiger partial charge < -0.3 is 27.4 Å². The van der Waals surface area contributed by atoms with E-state index in [0.29, 0.717) is 11.9 Å². The Morgan fingerprint density at radius 3 is 2.17 bits per heavy atom. The first kappa shape index (κ1) is 30.1. The van der Waals surface area contributed by atoms with Crippen molar-refractivity contribution in [1.29, 1.82) is 0 Å². The minimum atomic E-state index is 0.301. The molecule has 0 aliphatic carbocycles. The number of rotatable bonds is 11. The van der Waals surface area contributed by atoms with Crippen molar-refractivity contribution in [1.82, 2.24) is 10.2 Å². The van der Waals surface area contributed by atoms with Gasteiger partial charge >= 0.3 is 0 Å². The quantitative estimate of drug-likeness (QED) is 0.223.